The van der Waals surface area contributed by atoms with Gasteiger partial charge in [0.05, 0.1) is 10.5 Å². The SMILES string of the molecule is CC1(S(=O)(=O)n2cc(Cl)c3ccccc32)C=CC=CC1. The maximum Gasteiger partial charge on any atom is 0.248 e. The van der Waals surface area contributed by atoms with Crippen LogP contribution < -0.4 is 0 Å². The third-order valence-corrected chi connectivity index (χ3v) is 6.30. The number of nitrogens with zero attached hydrogens (tertiary/aromatic N) is 1. The van der Waals surface area contributed by atoms with Crippen LogP contribution in [0.25, 0.3) is 10.9 Å². The first kappa shape index (κ1) is 13.5. The number of hydrogen-bond donors (Lipinski definition) is 0. The Labute approximate surface area is 123 Å². The van der Waals surface area contributed by atoms with Crippen LogP contribution in [0.1, 0.15) is 13.3 Å². The molecule has 3 rings (SSSR count). The smallest absolute Gasteiger partial charge is 0.243 e. The van der Waals surface area contributed by atoms with Gasteiger partial charge in [0.2, 0.25) is 10.0 Å². The van der Waals surface area contributed by atoms with Gasteiger partial charge in [-0.25, -0.2) is 12.4 Å². The second-order valence-electron chi connectivity index (χ2n) is 5.10. The van der Waals surface area contributed by atoms with Gasteiger partial charge in [0.15, 0.2) is 0 Å². The van der Waals surface area contributed by atoms with Crippen molar-refractivity contribution >= 4 is 32.5 Å². The fourth-order valence-corrected chi connectivity index (χ4v) is 4.42. The van der Waals surface area contributed by atoms with Crippen molar-refractivity contribution in [2.45, 2.75) is 18.1 Å². The first-order chi connectivity index (χ1) is 9.46. The van der Waals surface area contributed by atoms with E-state index in [2.05, 4.69) is 0 Å². The maximum absolute atomic E-state index is 13.0. The third-order valence-electron chi connectivity index (χ3n) is 3.70. The minimum atomic E-state index is -3.57. The van der Waals surface area contributed by atoms with Gasteiger partial charge in [0.25, 0.3) is 0 Å². The number of allylic oxidation sites excluding steroid dienone is 3. The Morgan fingerprint density at radius 1 is 1.25 bits per heavy atom. The first-order valence-corrected chi connectivity index (χ1v) is 8.13. The van der Waals surface area contributed by atoms with Gasteiger partial charge in [-0.2, -0.15) is 0 Å². The molecule has 0 amide bonds. The molecule has 1 unspecified atom stereocenters. The molecule has 1 aliphatic carbocycles. The largest absolute Gasteiger partial charge is 0.248 e. The minimum Gasteiger partial charge on any atom is -0.243 e. The average molecular weight is 308 g/mol. The zero-order valence-corrected chi connectivity index (χ0v) is 12.5. The molecule has 1 aromatic carbocycles. The van der Waals surface area contributed by atoms with Crippen molar-refractivity contribution in [3.8, 4) is 0 Å². The van der Waals surface area contributed by atoms with Gasteiger partial charge in [-0.05, 0) is 19.4 Å². The molecular formula is C15H14ClNO2S. The summed E-state index contributed by atoms with van der Waals surface area (Å²) >= 11 is 6.15. The van der Waals surface area contributed by atoms with Gasteiger partial charge in [-0.15, -0.1) is 0 Å². The Morgan fingerprint density at radius 3 is 2.70 bits per heavy atom. The fourth-order valence-electron chi connectivity index (χ4n) is 2.43. The van der Waals surface area contributed by atoms with Gasteiger partial charge in [0, 0.05) is 11.6 Å². The van der Waals surface area contributed by atoms with Crippen LogP contribution >= 0.6 is 11.6 Å². The number of aromatic nitrogens is 1. The number of rotatable bonds is 2. The number of halogens is 1. The number of benzene rings is 1. The van der Waals surface area contributed by atoms with Crippen molar-refractivity contribution in [2.24, 2.45) is 0 Å². The van der Waals surface area contributed by atoms with E-state index in [0.717, 1.165) is 5.39 Å². The van der Waals surface area contributed by atoms with Gasteiger partial charge in [-0.3, -0.25) is 0 Å². The van der Waals surface area contributed by atoms with Gasteiger partial charge >= 0.3 is 0 Å². The molecule has 0 N–H and O–H groups in total. The van der Waals surface area contributed by atoms with E-state index in [1.807, 2.05) is 30.4 Å². The summed E-state index contributed by atoms with van der Waals surface area (Å²) in [5.74, 6) is 0. The molecule has 0 saturated heterocycles. The average Bonchev–Trinajstić information content (AvgIpc) is 2.78. The van der Waals surface area contributed by atoms with Crippen LogP contribution in [0.15, 0.2) is 54.8 Å². The number of hydrogen-bond acceptors (Lipinski definition) is 2. The summed E-state index contributed by atoms with van der Waals surface area (Å²) in [4.78, 5) is 0. The van der Waals surface area contributed by atoms with Gasteiger partial charge in [0.1, 0.15) is 4.75 Å². The Balaban J connectivity index is 2.25. The molecule has 3 nitrogen and oxygen atoms in total. The van der Waals surface area contributed by atoms with Crippen molar-refractivity contribution in [3.05, 3.63) is 59.8 Å². The lowest BCUT2D eigenvalue weighted by Gasteiger charge is -2.27. The zero-order valence-electron chi connectivity index (χ0n) is 11.0. The molecule has 0 radical (unpaired) electrons. The summed E-state index contributed by atoms with van der Waals surface area (Å²) in [6, 6.07) is 7.24. The van der Waals surface area contributed by atoms with E-state index in [-0.39, 0.29) is 0 Å². The third kappa shape index (κ3) is 1.83. The molecule has 0 saturated carbocycles. The molecule has 1 aliphatic rings. The van der Waals surface area contributed by atoms with Crippen molar-refractivity contribution in [1.29, 1.82) is 0 Å². The summed E-state index contributed by atoms with van der Waals surface area (Å²) in [6.07, 6.45) is 9.16. The molecular weight excluding hydrogens is 294 g/mol. The lowest BCUT2D eigenvalue weighted by atomic mass is 10.0. The second-order valence-corrected chi connectivity index (χ2v) is 7.78. The lowest BCUT2D eigenvalue weighted by molar-refractivity contribution is 0.555. The molecule has 0 spiro atoms. The summed E-state index contributed by atoms with van der Waals surface area (Å²) in [6.45, 7) is 1.73. The van der Waals surface area contributed by atoms with E-state index in [0.29, 0.717) is 17.0 Å². The maximum atomic E-state index is 13.0. The summed E-state index contributed by atoms with van der Waals surface area (Å²) in [5.41, 5.74) is 0.613. The van der Waals surface area contributed by atoms with Crippen LogP contribution in [0.3, 0.4) is 0 Å². The highest BCUT2D eigenvalue weighted by molar-refractivity contribution is 7.91. The Hall–Kier alpha value is -1.52. The zero-order chi connectivity index (χ0) is 14.4. The van der Waals surface area contributed by atoms with E-state index in [9.17, 15) is 8.42 Å². The Bertz CT molecular complexity index is 833. The normalized spacial score (nSPS) is 22.5. The Kier molecular flexibility index (Phi) is 3.03. The molecule has 1 atom stereocenters. The van der Waals surface area contributed by atoms with E-state index in [1.165, 1.54) is 10.2 Å². The van der Waals surface area contributed by atoms with Crippen molar-refractivity contribution in [3.63, 3.8) is 0 Å². The van der Waals surface area contributed by atoms with Crippen LogP contribution in [0, 0.1) is 0 Å². The standard InChI is InChI=1S/C15H14ClNO2S/c1-15(9-5-2-6-10-15)20(18,19)17-11-13(16)12-7-3-4-8-14(12)17/h2-9,11H,10H2,1H3. The van der Waals surface area contributed by atoms with Gasteiger partial charge in [-0.1, -0.05) is 54.1 Å². The molecule has 1 aromatic heterocycles. The summed E-state index contributed by atoms with van der Waals surface area (Å²) in [7, 11) is -3.57. The van der Waals surface area contributed by atoms with E-state index >= 15 is 0 Å². The van der Waals surface area contributed by atoms with E-state index in [4.69, 9.17) is 11.6 Å². The first-order valence-electron chi connectivity index (χ1n) is 6.31. The fraction of sp³-hybridized carbons (Fsp3) is 0.200. The lowest BCUT2D eigenvalue weighted by Crippen LogP contribution is -2.37. The summed E-state index contributed by atoms with van der Waals surface area (Å²) < 4.78 is 26.3. The quantitative estimate of drug-likeness (QED) is 0.847. The highest BCUT2D eigenvalue weighted by Crippen LogP contribution is 2.34. The molecule has 0 bridgehead atoms. The number of para-hydroxylation sites is 1. The number of fused-ring (bicyclic) bond motifs is 1. The van der Waals surface area contributed by atoms with E-state index < -0.39 is 14.8 Å². The molecule has 5 heteroatoms. The highest BCUT2D eigenvalue weighted by Gasteiger charge is 2.38. The topological polar surface area (TPSA) is 39.1 Å². The predicted molar refractivity (Wildman–Crippen MR) is 82.6 cm³/mol. The highest BCUT2D eigenvalue weighted by atomic mass is 35.5. The molecule has 20 heavy (non-hydrogen) atoms. The molecule has 104 valence electrons. The van der Waals surface area contributed by atoms with Crippen LogP contribution in [0.4, 0.5) is 0 Å². The van der Waals surface area contributed by atoms with Crippen LogP contribution in [0.2, 0.25) is 5.02 Å². The predicted octanol–water partition coefficient (Wildman–Crippen LogP) is 3.75. The van der Waals surface area contributed by atoms with Crippen LogP contribution in [-0.2, 0) is 10.0 Å². The van der Waals surface area contributed by atoms with Gasteiger partial charge < -0.3 is 0 Å². The van der Waals surface area contributed by atoms with Crippen LogP contribution in [-0.4, -0.2) is 17.1 Å². The monoisotopic (exact) mass is 307 g/mol. The molecule has 1 heterocycles. The molecule has 0 fully saturated rings. The summed E-state index contributed by atoms with van der Waals surface area (Å²) in [5, 5.41) is 1.19. The Morgan fingerprint density at radius 2 is 2.00 bits per heavy atom. The molecule has 0 aliphatic heterocycles. The van der Waals surface area contributed by atoms with Crippen molar-refractivity contribution in [1.82, 2.24) is 3.97 Å². The molecule has 2 aromatic rings. The van der Waals surface area contributed by atoms with Crippen LogP contribution in [0.5, 0.6) is 0 Å². The second kappa shape index (κ2) is 4.50. The van der Waals surface area contributed by atoms with E-state index in [1.54, 1.807) is 25.1 Å². The van der Waals surface area contributed by atoms with Crippen molar-refractivity contribution in [2.75, 3.05) is 0 Å². The minimum absolute atomic E-state index is 0.447. The van der Waals surface area contributed by atoms with Crippen molar-refractivity contribution < 1.29 is 8.42 Å².